The van der Waals surface area contributed by atoms with Crippen molar-refractivity contribution in [3.05, 3.63) is 73.2 Å². The monoisotopic (exact) mass is 337 g/mol. The van der Waals surface area contributed by atoms with Crippen LogP contribution in [0.1, 0.15) is 12.6 Å². The Morgan fingerprint density at radius 3 is 2.96 bits per heavy atom. The summed E-state index contributed by atoms with van der Waals surface area (Å²) in [5, 5.41) is 6.15. The Hall–Kier alpha value is -3.15. The first-order valence-electron chi connectivity index (χ1n) is 7.81. The third kappa shape index (κ3) is 5.17. The van der Waals surface area contributed by atoms with Crippen LogP contribution in [-0.4, -0.2) is 45.8 Å². The van der Waals surface area contributed by atoms with Gasteiger partial charge in [-0.25, -0.2) is 4.98 Å². The molecule has 0 amide bonds. The Balaban J connectivity index is 2.05. The Labute approximate surface area is 148 Å². The zero-order chi connectivity index (χ0) is 18.2. The molecule has 130 valence electrons. The quantitative estimate of drug-likeness (QED) is 0.321. The second kappa shape index (κ2) is 8.63. The average molecular weight is 337 g/mol. The molecule has 6 nitrogen and oxygen atoms in total. The molecule has 0 bridgehead atoms. The second-order valence-electron chi connectivity index (χ2n) is 5.47. The van der Waals surface area contributed by atoms with Crippen LogP contribution in [0.4, 0.5) is 0 Å². The summed E-state index contributed by atoms with van der Waals surface area (Å²) in [5.41, 5.74) is 3.32. The fourth-order valence-electron chi connectivity index (χ4n) is 2.21. The number of nitrogens with zero attached hydrogens (tertiary/aromatic N) is 5. The van der Waals surface area contributed by atoms with Gasteiger partial charge in [0.1, 0.15) is 5.76 Å². The molecule has 0 saturated carbocycles. The highest BCUT2D eigenvalue weighted by atomic mass is 16.5. The molecule has 0 aliphatic rings. The van der Waals surface area contributed by atoms with E-state index in [9.17, 15) is 0 Å². The highest BCUT2D eigenvalue weighted by Crippen LogP contribution is 2.12. The summed E-state index contributed by atoms with van der Waals surface area (Å²) in [6.45, 7) is 10.2. The number of imidazole rings is 1. The summed E-state index contributed by atoms with van der Waals surface area (Å²) >= 11 is 0. The fourth-order valence-corrected chi connectivity index (χ4v) is 2.21. The minimum atomic E-state index is 0.554. The number of allylic oxidation sites excluding steroid dienone is 3. The van der Waals surface area contributed by atoms with E-state index in [1.807, 2.05) is 49.0 Å². The highest BCUT2D eigenvalue weighted by Gasteiger charge is 2.05. The molecule has 0 atom stereocenters. The van der Waals surface area contributed by atoms with Crippen molar-refractivity contribution in [2.24, 2.45) is 5.10 Å². The van der Waals surface area contributed by atoms with Crippen LogP contribution in [0.2, 0.25) is 0 Å². The molecule has 2 aromatic rings. The number of likely N-dealkylation sites (N-methyl/N-ethyl adjacent to an activating group) is 1. The maximum Gasteiger partial charge on any atom is 0.155 e. The van der Waals surface area contributed by atoms with Gasteiger partial charge in [0.25, 0.3) is 0 Å². The van der Waals surface area contributed by atoms with Gasteiger partial charge < -0.3 is 9.14 Å². The molecule has 0 spiro atoms. The molecular weight excluding hydrogens is 314 g/mol. The first-order chi connectivity index (χ1) is 12.0. The van der Waals surface area contributed by atoms with Gasteiger partial charge in [-0.15, -0.1) is 0 Å². The van der Waals surface area contributed by atoms with E-state index < -0.39 is 0 Å². The molecule has 6 heteroatoms. The standard InChI is InChI=1S/C19H23N5O/c1-6-16(3)22-23(4)13-15(2)18(25-5)9-7-8-17-14-24-11-10-20-12-19(24)21-17/h6-12,14H,1-2,13H2,3-5H3/b8-7+,18-9+,22-16-. The summed E-state index contributed by atoms with van der Waals surface area (Å²) in [6.07, 6.45) is 14.6. The molecule has 0 fully saturated rings. The molecule has 0 unspecified atom stereocenters. The smallest absolute Gasteiger partial charge is 0.155 e. The first kappa shape index (κ1) is 18.2. The second-order valence-corrected chi connectivity index (χ2v) is 5.47. The van der Waals surface area contributed by atoms with Gasteiger partial charge in [0.15, 0.2) is 5.65 Å². The van der Waals surface area contributed by atoms with E-state index >= 15 is 0 Å². The lowest BCUT2D eigenvalue weighted by molar-refractivity contribution is 0.288. The Bertz CT molecular complexity index is 811. The Morgan fingerprint density at radius 2 is 2.28 bits per heavy atom. The van der Waals surface area contributed by atoms with Crippen LogP contribution in [-0.2, 0) is 4.74 Å². The van der Waals surface area contributed by atoms with Crippen LogP contribution < -0.4 is 0 Å². The van der Waals surface area contributed by atoms with E-state index in [1.165, 1.54) is 0 Å². The number of methoxy groups -OCH3 is 1. The van der Waals surface area contributed by atoms with Crippen molar-refractivity contribution in [2.45, 2.75) is 6.92 Å². The van der Waals surface area contributed by atoms with Crippen LogP contribution in [0.3, 0.4) is 0 Å². The first-order valence-corrected chi connectivity index (χ1v) is 7.81. The van der Waals surface area contributed by atoms with Gasteiger partial charge in [-0.3, -0.25) is 9.99 Å². The topological polar surface area (TPSA) is 55.0 Å². The van der Waals surface area contributed by atoms with Crippen molar-refractivity contribution < 1.29 is 4.74 Å². The minimum Gasteiger partial charge on any atom is -0.496 e. The third-order valence-electron chi connectivity index (χ3n) is 3.41. The summed E-state index contributed by atoms with van der Waals surface area (Å²) in [6, 6.07) is 0. The van der Waals surface area contributed by atoms with Crippen LogP contribution >= 0.6 is 0 Å². The SMILES string of the molecule is C=C/C(C)=N\N(C)CC(=C)/C(=C\C=C\c1cn2ccncc2n1)OC. The normalized spacial score (nSPS) is 12.6. The predicted molar refractivity (Wildman–Crippen MR) is 102 cm³/mol. The van der Waals surface area contributed by atoms with Crippen molar-refractivity contribution in [1.82, 2.24) is 19.4 Å². The summed E-state index contributed by atoms with van der Waals surface area (Å²) in [4.78, 5) is 8.51. The van der Waals surface area contributed by atoms with Crippen molar-refractivity contribution in [2.75, 3.05) is 20.7 Å². The third-order valence-corrected chi connectivity index (χ3v) is 3.41. The van der Waals surface area contributed by atoms with E-state index in [0.717, 1.165) is 22.6 Å². The molecule has 2 aromatic heterocycles. The van der Waals surface area contributed by atoms with Gasteiger partial charge >= 0.3 is 0 Å². The fraction of sp³-hybridized carbons (Fsp3) is 0.211. The van der Waals surface area contributed by atoms with Gasteiger partial charge in [0.05, 0.1) is 31.3 Å². The van der Waals surface area contributed by atoms with Crippen molar-refractivity contribution in [3.63, 3.8) is 0 Å². The van der Waals surface area contributed by atoms with E-state index in [4.69, 9.17) is 4.74 Å². The Kier molecular flexibility index (Phi) is 6.28. The number of hydrazone groups is 1. The molecule has 0 saturated heterocycles. The lowest BCUT2D eigenvalue weighted by Gasteiger charge is -2.16. The van der Waals surface area contributed by atoms with E-state index in [1.54, 1.807) is 30.6 Å². The van der Waals surface area contributed by atoms with Gasteiger partial charge in [-0.05, 0) is 25.2 Å². The van der Waals surface area contributed by atoms with E-state index in [-0.39, 0.29) is 0 Å². The number of rotatable bonds is 8. The van der Waals surface area contributed by atoms with Gasteiger partial charge in [0, 0.05) is 31.2 Å². The maximum atomic E-state index is 5.42. The zero-order valence-corrected chi connectivity index (χ0v) is 14.9. The lowest BCUT2D eigenvalue weighted by Crippen LogP contribution is -2.17. The van der Waals surface area contributed by atoms with Crippen molar-refractivity contribution in [3.8, 4) is 0 Å². The average Bonchev–Trinajstić information content (AvgIpc) is 3.01. The molecule has 0 aliphatic heterocycles. The molecule has 2 heterocycles. The van der Waals surface area contributed by atoms with Crippen LogP contribution in [0.5, 0.6) is 0 Å². The number of hydrogen-bond donors (Lipinski definition) is 0. The van der Waals surface area contributed by atoms with Gasteiger partial charge in [0.2, 0.25) is 0 Å². The van der Waals surface area contributed by atoms with Gasteiger partial charge in [-0.1, -0.05) is 19.2 Å². The zero-order valence-electron chi connectivity index (χ0n) is 14.9. The van der Waals surface area contributed by atoms with Crippen LogP contribution in [0.25, 0.3) is 11.7 Å². The van der Waals surface area contributed by atoms with Crippen LogP contribution in [0.15, 0.2) is 72.6 Å². The molecule has 0 aliphatic carbocycles. The predicted octanol–water partition coefficient (Wildman–Crippen LogP) is 3.32. The number of ether oxygens (including phenoxy) is 1. The molecule has 25 heavy (non-hydrogen) atoms. The lowest BCUT2D eigenvalue weighted by atomic mass is 10.2. The van der Waals surface area contributed by atoms with Crippen molar-refractivity contribution >= 4 is 17.4 Å². The number of aromatic nitrogens is 3. The minimum absolute atomic E-state index is 0.554. The van der Waals surface area contributed by atoms with Gasteiger partial charge in [-0.2, -0.15) is 5.10 Å². The van der Waals surface area contributed by atoms with Crippen molar-refractivity contribution in [1.29, 1.82) is 0 Å². The largest absolute Gasteiger partial charge is 0.496 e. The molecule has 0 aromatic carbocycles. The van der Waals surface area contributed by atoms with E-state index in [2.05, 4.69) is 28.2 Å². The summed E-state index contributed by atoms with van der Waals surface area (Å²) in [7, 11) is 3.51. The number of hydrogen-bond acceptors (Lipinski definition) is 5. The Morgan fingerprint density at radius 1 is 1.48 bits per heavy atom. The van der Waals surface area contributed by atoms with E-state index in [0.29, 0.717) is 12.3 Å². The number of fused-ring (bicyclic) bond motifs is 1. The highest BCUT2D eigenvalue weighted by molar-refractivity contribution is 5.91. The summed E-state index contributed by atoms with van der Waals surface area (Å²) < 4.78 is 7.34. The molecule has 2 rings (SSSR count). The summed E-state index contributed by atoms with van der Waals surface area (Å²) in [5.74, 6) is 0.694. The molecule has 0 N–H and O–H groups in total. The maximum absolute atomic E-state index is 5.42. The molecule has 0 radical (unpaired) electrons. The van der Waals surface area contributed by atoms with Crippen LogP contribution in [0, 0.1) is 0 Å². The molecular formula is C19H23N5O.